The molecule has 2 aromatic carbocycles. The molecule has 1 fully saturated rings. The van der Waals surface area contributed by atoms with Crippen molar-refractivity contribution in [2.45, 2.75) is 6.54 Å². The second-order valence-electron chi connectivity index (χ2n) is 7.65. The van der Waals surface area contributed by atoms with Gasteiger partial charge in [0.05, 0.1) is 38.7 Å². The second kappa shape index (κ2) is 8.42. The van der Waals surface area contributed by atoms with Crippen molar-refractivity contribution in [3.05, 3.63) is 71.9 Å². The lowest BCUT2D eigenvalue weighted by molar-refractivity contribution is -0.914. The van der Waals surface area contributed by atoms with Crippen LogP contribution in [0.1, 0.15) is 5.56 Å². The van der Waals surface area contributed by atoms with Crippen molar-refractivity contribution in [2.75, 3.05) is 38.2 Å². The maximum atomic E-state index is 5.27. The van der Waals surface area contributed by atoms with Crippen LogP contribution in [0.5, 0.6) is 5.75 Å². The molecule has 4 aromatic rings. The highest BCUT2D eigenvalue weighted by atomic mass is 32.1. The second-order valence-corrected chi connectivity index (χ2v) is 8.51. The molecule has 0 bridgehead atoms. The number of anilines is 1. The summed E-state index contributed by atoms with van der Waals surface area (Å²) in [6.07, 6.45) is 1.71. The van der Waals surface area contributed by atoms with Gasteiger partial charge < -0.3 is 14.5 Å². The molecule has 5 rings (SSSR count). The SMILES string of the molecule is COc1ccc(C[NH+]2CCN(c3ncnc4scc(-c5ccccc5)c34)CC2)cc1. The van der Waals surface area contributed by atoms with E-state index in [9.17, 15) is 0 Å². The van der Waals surface area contributed by atoms with Gasteiger partial charge in [0, 0.05) is 16.5 Å². The van der Waals surface area contributed by atoms with E-state index in [4.69, 9.17) is 9.72 Å². The Kier molecular flexibility index (Phi) is 5.34. The molecule has 3 heterocycles. The Hall–Kier alpha value is -2.96. The molecule has 0 amide bonds. The van der Waals surface area contributed by atoms with Crippen LogP contribution < -0.4 is 14.5 Å². The zero-order valence-corrected chi connectivity index (χ0v) is 17.9. The number of benzene rings is 2. The minimum absolute atomic E-state index is 0.913. The topological polar surface area (TPSA) is 42.7 Å². The number of rotatable bonds is 5. The van der Waals surface area contributed by atoms with Gasteiger partial charge in [-0.25, -0.2) is 9.97 Å². The molecule has 1 N–H and O–H groups in total. The summed E-state index contributed by atoms with van der Waals surface area (Å²) in [6, 6.07) is 19.0. The summed E-state index contributed by atoms with van der Waals surface area (Å²) < 4.78 is 5.27. The van der Waals surface area contributed by atoms with Gasteiger partial charge in [0.1, 0.15) is 29.3 Å². The highest BCUT2D eigenvalue weighted by molar-refractivity contribution is 7.17. The normalized spacial score (nSPS) is 14.9. The molecule has 0 saturated carbocycles. The van der Waals surface area contributed by atoms with Crippen molar-refractivity contribution in [1.29, 1.82) is 0 Å². The quantitative estimate of drug-likeness (QED) is 0.541. The first-order valence-corrected chi connectivity index (χ1v) is 11.2. The number of thiophene rings is 1. The molecule has 2 aromatic heterocycles. The highest BCUT2D eigenvalue weighted by Gasteiger charge is 2.24. The monoisotopic (exact) mass is 417 g/mol. The molecule has 1 aliphatic heterocycles. The van der Waals surface area contributed by atoms with Gasteiger partial charge in [0.2, 0.25) is 0 Å². The van der Waals surface area contributed by atoms with Crippen LogP contribution in [0.15, 0.2) is 66.3 Å². The van der Waals surface area contributed by atoms with E-state index in [1.807, 2.05) is 12.1 Å². The Bertz CT molecular complexity index is 1120. The number of aromatic nitrogens is 2. The number of hydrogen-bond donors (Lipinski definition) is 1. The summed E-state index contributed by atoms with van der Waals surface area (Å²) >= 11 is 1.70. The molecule has 0 radical (unpaired) electrons. The van der Waals surface area contributed by atoms with Crippen molar-refractivity contribution < 1.29 is 9.64 Å². The predicted octanol–water partition coefficient (Wildman–Crippen LogP) is 3.27. The molecule has 6 heteroatoms. The molecule has 0 atom stereocenters. The molecule has 30 heavy (non-hydrogen) atoms. The van der Waals surface area contributed by atoms with Gasteiger partial charge in [-0.2, -0.15) is 0 Å². The van der Waals surface area contributed by atoms with E-state index in [0.29, 0.717) is 0 Å². The van der Waals surface area contributed by atoms with E-state index in [0.717, 1.165) is 49.1 Å². The molecule has 0 spiro atoms. The van der Waals surface area contributed by atoms with Gasteiger partial charge in [-0.15, -0.1) is 11.3 Å². The number of quaternary nitrogens is 1. The van der Waals surface area contributed by atoms with Crippen LogP contribution in [-0.4, -0.2) is 43.3 Å². The fourth-order valence-corrected chi connectivity index (χ4v) is 5.08. The summed E-state index contributed by atoms with van der Waals surface area (Å²) in [5.41, 5.74) is 3.82. The van der Waals surface area contributed by atoms with Crippen LogP contribution in [0, 0.1) is 0 Å². The zero-order chi connectivity index (χ0) is 20.3. The Labute approximate surface area is 180 Å². The number of ether oxygens (including phenoxy) is 1. The first kappa shape index (κ1) is 19.0. The minimum Gasteiger partial charge on any atom is -0.497 e. The average molecular weight is 418 g/mol. The Balaban J connectivity index is 1.34. The molecule has 1 aliphatic rings. The van der Waals surface area contributed by atoms with E-state index >= 15 is 0 Å². The summed E-state index contributed by atoms with van der Waals surface area (Å²) in [5, 5.41) is 3.40. The van der Waals surface area contributed by atoms with E-state index in [-0.39, 0.29) is 0 Å². The maximum Gasteiger partial charge on any atom is 0.141 e. The molecule has 152 valence electrons. The molecular formula is C24H25N4OS+. The van der Waals surface area contributed by atoms with Gasteiger partial charge in [-0.3, -0.25) is 0 Å². The summed E-state index contributed by atoms with van der Waals surface area (Å²) in [6.45, 7) is 5.25. The van der Waals surface area contributed by atoms with Gasteiger partial charge in [0.25, 0.3) is 0 Å². The van der Waals surface area contributed by atoms with Crippen LogP contribution in [0.4, 0.5) is 5.82 Å². The first-order valence-electron chi connectivity index (χ1n) is 10.3. The molecule has 0 unspecified atom stereocenters. The standard InChI is InChI=1S/C24H24N4OS/c1-29-20-9-7-18(8-10-20)15-27-11-13-28(14-12-27)23-22-21(19-5-3-2-4-6-19)16-30-24(22)26-17-25-23/h2-10,16-17H,11-15H2,1H3/p+1. The van der Waals surface area contributed by atoms with Crippen molar-refractivity contribution in [3.8, 4) is 16.9 Å². The molecule has 0 aliphatic carbocycles. The van der Waals surface area contributed by atoms with Gasteiger partial charge >= 0.3 is 0 Å². The van der Waals surface area contributed by atoms with Crippen molar-refractivity contribution >= 4 is 27.4 Å². The smallest absolute Gasteiger partial charge is 0.141 e. The van der Waals surface area contributed by atoms with E-state index < -0.39 is 0 Å². The van der Waals surface area contributed by atoms with Crippen LogP contribution in [0.25, 0.3) is 21.3 Å². The van der Waals surface area contributed by atoms with E-state index in [2.05, 4.69) is 57.7 Å². The maximum absolute atomic E-state index is 5.27. The van der Waals surface area contributed by atoms with Gasteiger partial charge in [-0.05, 0) is 29.8 Å². The number of nitrogens with one attached hydrogen (secondary N) is 1. The third kappa shape index (κ3) is 3.76. The van der Waals surface area contributed by atoms with Crippen LogP contribution in [0.2, 0.25) is 0 Å². The summed E-state index contributed by atoms with van der Waals surface area (Å²) in [7, 11) is 1.71. The predicted molar refractivity (Wildman–Crippen MR) is 122 cm³/mol. The van der Waals surface area contributed by atoms with Crippen molar-refractivity contribution in [3.63, 3.8) is 0 Å². The number of hydrogen-bond acceptors (Lipinski definition) is 5. The zero-order valence-electron chi connectivity index (χ0n) is 17.0. The minimum atomic E-state index is 0.913. The van der Waals surface area contributed by atoms with Gasteiger partial charge in [-0.1, -0.05) is 30.3 Å². The number of piperazine rings is 1. The van der Waals surface area contributed by atoms with E-state index in [1.165, 1.54) is 22.1 Å². The number of fused-ring (bicyclic) bond motifs is 1. The largest absolute Gasteiger partial charge is 0.497 e. The van der Waals surface area contributed by atoms with Gasteiger partial charge in [0.15, 0.2) is 0 Å². The molecule has 5 nitrogen and oxygen atoms in total. The lowest BCUT2D eigenvalue weighted by atomic mass is 10.1. The molecular weight excluding hydrogens is 392 g/mol. The lowest BCUT2D eigenvalue weighted by Gasteiger charge is -2.33. The fourth-order valence-electron chi connectivity index (χ4n) is 4.17. The first-order chi connectivity index (χ1) is 14.8. The van der Waals surface area contributed by atoms with E-state index in [1.54, 1.807) is 29.7 Å². The molecule has 1 saturated heterocycles. The Morgan fingerprint density at radius 1 is 1.00 bits per heavy atom. The Morgan fingerprint density at radius 2 is 1.77 bits per heavy atom. The van der Waals surface area contributed by atoms with Crippen molar-refractivity contribution in [1.82, 2.24) is 9.97 Å². The number of nitrogens with zero attached hydrogens (tertiary/aromatic N) is 3. The average Bonchev–Trinajstić information content (AvgIpc) is 3.25. The van der Waals surface area contributed by atoms with Crippen LogP contribution in [-0.2, 0) is 6.54 Å². The lowest BCUT2D eigenvalue weighted by Crippen LogP contribution is -3.13. The van der Waals surface area contributed by atoms with Crippen LogP contribution in [0.3, 0.4) is 0 Å². The summed E-state index contributed by atoms with van der Waals surface area (Å²) in [5.74, 6) is 1.99. The third-order valence-corrected chi connectivity index (χ3v) is 6.70. The fraction of sp³-hybridized carbons (Fsp3) is 0.250. The summed E-state index contributed by atoms with van der Waals surface area (Å²) in [4.78, 5) is 14.3. The Morgan fingerprint density at radius 3 is 2.50 bits per heavy atom. The van der Waals surface area contributed by atoms with Crippen molar-refractivity contribution in [2.24, 2.45) is 0 Å². The third-order valence-electron chi connectivity index (χ3n) is 5.82. The number of methoxy groups -OCH3 is 1. The highest BCUT2D eigenvalue weighted by Crippen LogP contribution is 2.37. The van der Waals surface area contributed by atoms with Crippen LogP contribution >= 0.6 is 11.3 Å².